The van der Waals surface area contributed by atoms with E-state index in [0.29, 0.717) is 0 Å². The van der Waals surface area contributed by atoms with E-state index >= 15 is 0 Å². The van der Waals surface area contributed by atoms with Crippen LogP contribution in [0.3, 0.4) is 0 Å². The van der Waals surface area contributed by atoms with Crippen molar-refractivity contribution in [3.63, 3.8) is 0 Å². The molecule has 1 nitrogen and oxygen atoms in total. The number of nitrogens with one attached hydrogen (secondary N) is 1. The predicted octanol–water partition coefficient (Wildman–Crippen LogP) is 6.25. The molecule has 1 heterocycles. The summed E-state index contributed by atoms with van der Waals surface area (Å²) in [7, 11) is 0. The fourth-order valence-corrected chi connectivity index (χ4v) is 3.30. The zero-order valence-corrected chi connectivity index (χ0v) is 14.4. The summed E-state index contributed by atoms with van der Waals surface area (Å²) in [6.45, 7) is 2.13. The summed E-state index contributed by atoms with van der Waals surface area (Å²) in [5.74, 6) is 0. The second-order valence-corrected chi connectivity index (χ2v) is 6.46. The largest absolute Gasteiger partial charge is 0.360 e. The molecular weight excluding hydrogens is 302 g/mol. The average Bonchev–Trinajstić information content (AvgIpc) is 3.08. The lowest BCUT2D eigenvalue weighted by Crippen LogP contribution is -1.90. The zero-order chi connectivity index (χ0) is 17.1. The molecule has 0 aliphatic heterocycles. The van der Waals surface area contributed by atoms with Gasteiger partial charge in [0.25, 0.3) is 0 Å². The SMILES string of the molecule is Cc1ccc(Cc2c[nH]c(-c3ccccc3)c2-c2ccccc2)cc1. The smallest absolute Gasteiger partial charge is 0.0536 e. The Kier molecular flexibility index (Phi) is 4.22. The first-order valence-corrected chi connectivity index (χ1v) is 8.68. The van der Waals surface area contributed by atoms with Crippen LogP contribution in [0.4, 0.5) is 0 Å². The summed E-state index contributed by atoms with van der Waals surface area (Å²) < 4.78 is 0. The van der Waals surface area contributed by atoms with Gasteiger partial charge in [-0.2, -0.15) is 0 Å². The normalized spacial score (nSPS) is 10.8. The quantitative estimate of drug-likeness (QED) is 0.457. The van der Waals surface area contributed by atoms with Crippen molar-refractivity contribution < 1.29 is 0 Å². The first-order valence-electron chi connectivity index (χ1n) is 8.68. The third-order valence-corrected chi connectivity index (χ3v) is 4.60. The van der Waals surface area contributed by atoms with E-state index in [9.17, 15) is 0 Å². The minimum atomic E-state index is 0.924. The Morgan fingerprint density at radius 2 is 1.28 bits per heavy atom. The Morgan fingerprint density at radius 1 is 0.680 bits per heavy atom. The van der Waals surface area contributed by atoms with Crippen molar-refractivity contribution in [2.45, 2.75) is 13.3 Å². The topological polar surface area (TPSA) is 15.8 Å². The van der Waals surface area contributed by atoms with Crippen molar-refractivity contribution in [1.29, 1.82) is 0 Å². The summed E-state index contributed by atoms with van der Waals surface area (Å²) in [6.07, 6.45) is 3.08. The van der Waals surface area contributed by atoms with Gasteiger partial charge in [0.05, 0.1) is 5.69 Å². The van der Waals surface area contributed by atoms with E-state index < -0.39 is 0 Å². The first-order chi connectivity index (χ1) is 12.3. The summed E-state index contributed by atoms with van der Waals surface area (Å²) in [5, 5.41) is 0. The van der Waals surface area contributed by atoms with Gasteiger partial charge in [0.1, 0.15) is 0 Å². The highest BCUT2D eigenvalue weighted by Crippen LogP contribution is 2.35. The van der Waals surface area contributed by atoms with E-state index in [2.05, 4.69) is 103 Å². The van der Waals surface area contributed by atoms with Crippen LogP contribution in [0.2, 0.25) is 0 Å². The molecule has 0 unspecified atom stereocenters. The van der Waals surface area contributed by atoms with Crippen LogP contribution < -0.4 is 0 Å². The molecule has 0 atom stereocenters. The maximum absolute atomic E-state index is 3.52. The molecule has 0 saturated carbocycles. The Hall–Kier alpha value is -3.06. The Morgan fingerprint density at radius 3 is 1.92 bits per heavy atom. The van der Waals surface area contributed by atoms with Crippen LogP contribution in [0.5, 0.6) is 0 Å². The van der Waals surface area contributed by atoms with Gasteiger partial charge in [0.2, 0.25) is 0 Å². The van der Waals surface area contributed by atoms with Crippen LogP contribution in [-0.2, 0) is 6.42 Å². The lowest BCUT2D eigenvalue weighted by Gasteiger charge is -2.09. The molecule has 0 fully saturated rings. The van der Waals surface area contributed by atoms with Gasteiger partial charge < -0.3 is 4.98 Å². The fraction of sp³-hybridized carbons (Fsp3) is 0.0833. The lowest BCUT2D eigenvalue weighted by atomic mass is 9.94. The molecule has 1 aromatic heterocycles. The molecular formula is C24H21N. The summed E-state index contributed by atoms with van der Waals surface area (Å²) in [5.41, 5.74) is 8.92. The van der Waals surface area contributed by atoms with Crippen molar-refractivity contribution >= 4 is 0 Å². The molecule has 0 spiro atoms. The number of hydrogen-bond donors (Lipinski definition) is 1. The fourth-order valence-electron chi connectivity index (χ4n) is 3.30. The lowest BCUT2D eigenvalue weighted by molar-refractivity contribution is 1.19. The number of H-pyrrole nitrogens is 1. The minimum Gasteiger partial charge on any atom is -0.360 e. The van der Waals surface area contributed by atoms with Crippen LogP contribution in [0, 0.1) is 6.92 Å². The molecule has 122 valence electrons. The molecule has 25 heavy (non-hydrogen) atoms. The van der Waals surface area contributed by atoms with Crippen molar-refractivity contribution in [1.82, 2.24) is 4.98 Å². The summed E-state index contributed by atoms with van der Waals surface area (Å²) in [6, 6.07) is 30.0. The van der Waals surface area contributed by atoms with Crippen LogP contribution in [0.15, 0.2) is 91.1 Å². The van der Waals surface area contributed by atoms with Gasteiger partial charge in [0, 0.05) is 11.8 Å². The maximum Gasteiger partial charge on any atom is 0.0536 e. The molecule has 0 aliphatic rings. The highest BCUT2D eigenvalue weighted by molar-refractivity contribution is 5.84. The number of aromatic amines is 1. The van der Waals surface area contributed by atoms with Gasteiger partial charge in [-0.25, -0.2) is 0 Å². The van der Waals surface area contributed by atoms with Crippen LogP contribution in [0.1, 0.15) is 16.7 Å². The number of hydrogen-bond acceptors (Lipinski definition) is 0. The van der Waals surface area contributed by atoms with E-state index in [1.54, 1.807) is 0 Å². The van der Waals surface area contributed by atoms with E-state index in [1.165, 1.54) is 39.1 Å². The molecule has 4 aromatic rings. The van der Waals surface area contributed by atoms with Crippen molar-refractivity contribution in [2.75, 3.05) is 0 Å². The van der Waals surface area contributed by atoms with E-state index in [-0.39, 0.29) is 0 Å². The standard InChI is InChI=1S/C24H21N/c1-18-12-14-19(15-13-18)16-22-17-25-24(21-10-6-3-7-11-21)23(22)20-8-4-2-5-9-20/h2-15,17,25H,16H2,1H3. The third kappa shape index (κ3) is 3.27. The van der Waals surface area contributed by atoms with Crippen LogP contribution >= 0.6 is 0 Å². The molecule has 0 saturated heterocycles. The van der Waals surface area contributed by atoms with E-state index in [1.807, 2.05) is 0 Å². The van der Waals surface area contributed by atoms with Gasteiger partial charge in [0.15, 0.2) is 0 Å². The molecule has 3 aromatic carbocycles. The zero-order valence-electron chi connectivity index (χ0n) is 14.4. The highest BCUT2D eigenvalue weighted by Gasteiger charge is 2.15. The average molecular weight is 323 g/mol. The maximum atomic E-state index is 3.52. The molecule has 0 amide bonds. The van der Waals surface area contributed by atoms with E-state index in [0.717, 1.165) is 6.42 Å². The predicted molar refractivity (Wildman–Crippen MR) is 106 cm³/mol. The highest BCUT2D eigenvalue weighted by atomic mass is 14.7. The number of benzene rings is 3. The molecule has 1 N–H and O–H groups in total. The molecule has 0 radical (unpaired) electrons. The monoisotopic (exact) mass is 323 g/mol. The Labute approximate surface area is 149 Å². The molecule has 0 aliphatic carbocycles. The van der Waals surface area contributed by atoms with Gasteiger partial charge in [-0.1, -0.05) is 90.5 Å². The van der Waals surface area contributed by atoms with Crippen molar-refractivity contribution in [3.05, 3.63) is 108 Å². The Balaban J connectivity index is 1.82. The Bertz CT molecular complexity index is 948. The van der Waals surface area contributed by atoms with Gasteiger partial charge in [-0.3, -0.25) is 0 Å². The molecule has 0 bridgehead atoms. The summed E-state index contributed by atoms with van der Waals surface area (Å²) >= 11 is 0. The van der Waals surface area contributed by atoms with Gasteiger partial charge in [-0.05, 0) is 35.6 Å². The second kappa shape index (κ2) is 6.82. The second-order valence-electron chi connectivity index (χ2n) is 6.46. The molecule has 1 heteroatoms. The van der Waals surface area contributed by atoms with E-state index in [4.69, 9.17) is 0 Å². The van der Waals surface area contributed by atoms with Crippen LogP contribution in [-0.4, -0.2) is 4.98 Å². The summed E-state index contributed by atoms with van der Waals surface area (Å²) in [4.78, 5) is 3.52. The minimum absolute atomic E-state index is 0.924. The van der Waals surface area contributed by atoms with Crippen molar-refractivity contribution in [2.24, 2.45) is 0 Å². The van der Waals surface area contributed by atoms with Crippen molar-refractivity contribution in [3.8, 4) is 22.4 Å². The third-order valence-electron chi connectivity index (χ3n) is 4.60. The van der Waals surface area contributed by atoms with Gasteiger partial charge >= 0.3 is 0 Å². The first kappa shape index (κ1) is 15.5. The number of aryl methyl sites for hydroxylation is 1. The molecule has 4 rings (SSSR count). The van der Waals surface area contributed by atoms with Gasteiger partial charge in [-0.15, -0.1) is 0 Å². The number of rotatable bonds is 4. The van der Waals surface area contributed by atoms with Crippen LogP contribution in [0.25, 0.3) is 22.4 Å². The number of aromatic nitrogens is 1.